The first-order chi connectivity index (χ1) is 13.5. The number of allylic oxidation sites excluding steroid dienone is 4. The van der Waals surface area contributed by atoms with Crippen molar-refractivity contribution in [3.05, 3.63) is 23.8 Å². The van der Waals surface area contributed by atoms with Gasteiger partial charge in [0.05, 0.1) is 11.7 Å². The van der Waals surface area contributed by atoms with E-state index in [-0.39, 0.29) is 35.6 Å². The number of rotatable bonds is 3. The average Bonchev–Trinajstić information content (AvgIpc) is 2.91. The smallest absolute Gasteiger partial charge is 0.302 e. The molecule has 29 heavy (non-hydrogen) atoms. The summed E-state index contributed by atoms with van der Waals surface area (Å²) in [4.78, 5) is 23.1. The van der Waals surface area contributed by atoms with Crippen LogP contribution in [0, 0.1) is 28.6 Å². The number of carbonyl (C=O) groups is 2. The molecule has 0 saturated heterocycles. The third kappa shape index (κ3) is 2.87. The Balaban J connectivity index is 1.65. The third-order valence-electron chi connectivity index (χ3n) is 8.71. The molecule has 0 aromatic heterocycles. The summed E-state index contributed by atoms with van der Waals surface area (Å²) < 4.78 is 4.98. The van der Waals surface area contributed by atoms with Crippen LogP contribution in [-0.4, -0.2) is 51.5 Å². The van der Waals surface area contributed by atoms with Gasteiger partial charge < -0.3 is 20.1 Å². The lowest BCUT2D eigenvalue weighted by molar-refractivity contribution is -0.207. The van der Waals surface area contributed by atoms with Crippen LogP contribution in [0.3, 0.4) is 0 Å². The van der Waals surface area contributed by atoms with Crippen LogP contribution in [-0.2, 0) is 14.3 Å². The first-order valence-corrected chi connectivity index (χ1v) is 10.7. The number of carbonyl (C=O) groups excluding carboxylic acids is 2. The second-order valence-electron chi connectivity index (χ2n) is 9.99. The maximum atomic E-state index is 11.9. The minimum Gasteiger partial charge on any atom is -0.463 e. The monoisotopic (exact) mass is 404 g/mol. The van der Waals surface area contributed by atoms with Crippen LogP contribution in [0.15, 0.2) is 23.8 Å². The largest absolute Gasteiger partial charge is 0.463 e. The molecule has 0 unspecified atom stereocenters. The molecule has 0 spiro atoms. The standard InChI is InChI=1S/C23H32O6/c1-13(24)29-12-19(27)23(28)9-7-17-16-5-4-14-10-15(25)6-8-21(14,2)20(16)18(26)11-22(17,23)3/h6,8,10,16-20,26-28H,4-5,7,9,11-12H2,1-3H3/t16-,17-,18-,19+,20+,21-,22-,23-/m0/s1. The lowest BCUT2D eigenvalue weighted by atomic mass is 9.46. The topological polar surface area (TPSA) is 104 Å². The van der Waals surface area contributed by atoms with Crippen LogP contribution in [0.4, 0.5) is 0 Å². The van der Waals surface area contributed by atoms with E-state index in [1.54, 1.807) is 12.2 Å². The quantitative estimate of drug-likeness (QED) is 0.621. The van der Waals surface area contributed by atoms with Gasteiger partial charge >= 0.3 is 5.97 Å². The minimum atomic E-state index is -1.41. The Hall–Kier alpha value is -1.50. The Labute approximate surface area is 171 Å². The van der Waals surface area contributed by atoms with Gasteiger partial charge in [0, 0.05) is 23.7 Å². The molecule has 3 fully saturated rings. The molecule has 3 saturated carbocycles. The highest BCUT2D eigenvalue weighted by atomic mass is 16.5. The minimum absolute atomic E-state index is 0.00916. The summed E-state index contributed by atoms with van der Waals surface area (Å²) in [5.41, 5.74) is -1.33. The highest BCUT2D eigenvalue weighted by Gasteiger charge is 2.67. The molecule has 4 aliphatic carbocycles. The van der Waals surface area contributed by atoms with E-state index in [0.29, 0.717) is 12.8 Å². The Morgan fingerprint density at radius 3 is 2.76 bits per heavy atom. The molecule has 0 bridgehead atoms. The zero-order valence-electron chi connectivity index (χ0n) is 17.4. The molecule has 0 radical (unpaired) electrons. The fourth-order valence-corrected chi connectivity index (χ4v) is 7.25. The molecule has 4 aliphatic rings. The lowest BCUT2D eigenvalue weighted by Crippen LogP contribution is -2.62. The predicted octanol–water partition coefficient (Wildman–Crippen LogP) is 1.92. The first-order valence-electron chi connectivity index (χ1n) is 10.7. The molecule has 4 rings (SSSR count). The van der Waals surface area contributed by atoms with Crippen molar-refractivity contribution in [1.29, 1.82) is 0 Å². The van der Waals surface area contributed by atoms with E-state index in [1.165, 1.54) is 6.92 Å². The number of aliphatic hydroxyl groups is 3. The fourth-order valence-electron chi connectivity index (χ4n) is 7.25. The zero-order valence-corrected chi connectivity index (χ0v) is 17.4. The molecule has 160 valence electrons. The van der Waals surface area contributed by atoms with Gasteiger partial charge in [-0.3, -0.25) is 9.59 Å². The lowest BCUT2D eigenvalue weighted by Gasteiger charge is -2.60. The molecular weight excluding hydrogens is 372 g/mol. The SMILES string of the molecule is CC(=O)OC[C@@H](O)[C@@]1(O)CC[C@H]2[C@@H]3CCC4=CC(=O)C=C[C@]4(C)[C@H]3[C@@H](O)C[C@@]21C. The van der Waals surface area contributed by atoms with Crippen molar-refractivity contribution in [3.8, 4) is 0 Å². The summed E-state index contributed by atoms with van der Waals surface area (Å²) >= 11 is 0. The molecule has 0 aromatic carbocycles. The zero-order chi connectivity index (χ0) is 21.2. The van der Waals surface area contributed by atoms with Crippen molar-refractivity contribution in [3.63, 3.8) is 0 Å². The number of esters is 1. The van der Waals surface area contributed by atoms with E-state index >= 15 is 0 Å². The Bertz CT molecular complexity index is 786. The van der Waals surface area contributed by atoms with Crippen molar-refractivity contribution < 1.29 is 29.6 Å². The molecule has 0 aromatic rings. The third-order valence-corrected chi connectivity index (χ3v) is 8.71. The molecule has 8 atom stereocenters. The van der Waals surface area contributed by atoms with Gasteiger partial charge in [-0.2, -0.15) is 0 Å². The van der Waals surface area contributed by atoms with Gasteiger partial charge in [0.1, 0.15) is 12.7 Å². The molecule has 6 nitrogen and oxygen atoms in total. The Kier molecular flexibility index (Phi) is 4.84. The van der Waals surface area contributed by atoms with E-state index in [4.69, 9.17) is 4.74 Å². The second-order valence-corrected chi connectivity index (χ2v) is 9.99. The predicted molar refractivity (Wildman–Crippen MR) is 106 cm³/mol. The maximum absolute atomic E-state index is 11.9. The van der Waals surface area contributed by atoms with Gasteiger partial charge in [-0.25, -0.2) is 0 Å². The number of hydrogen-bond donors (Lipinski definition) is 3. The number of ketones is 1. The molecule has 6 heteroatoms. The van der Waals surface area contributed by atoms with Crippen molar-refractivity contribution in [1.82, 2.24) is 0 Å². The van der Waals surface area contributed by atoms with Crippen LogP contribution in [0.2, 0.25) is 0 Å². The van der Waals surface area contributed by atoms with Crippen molar-refractivity contribution in [2.45, 2.75) is 70.7 Å². The van der Waals surface area contributed by atoms with Gasteiger partial charge in [0.15, 0.2) is 5.78 Å². The highest BCUT2D eigenvalue weighted by Crippen LogP contribution is 2.67. The van der Waals surface area contributed by atoms with Gasteiger partial charge in [-0.05, 0) is 56.1 Å². The summed E-state index contributed by atoms with van der Waals surface area (Å²) in [6, 6.07) is 0. The van der Waals surface area contributed by atoms with Gasteiger partial charge in [0.2, 0.25) is 0 Å². The van der Waals surface area contributed by atoms with Gasteiger partial charge in [-0.1, -0.05) is 25.5 Å². The van der Waals surface area contributed by atoms with E-state index < -0.39 is 29.2 Å². The van der Waals surface area contributed by atoms with Gasteiger partial charge in [0.25, 0.3) is 0 Å². The summed E-state index contributed by atoms with van der Waals surface area (Å²) in [6.45, 7) is 5.12. The second kappa shape index (κ2) is 6.76. The van der Waals surface area contributed by atoms with Crippen molar-refractivity contribution in [2.75, 3.05) is 6.61 Å². The van der Waals surface area contributed by atoms with Crippen LogP contribution >= 0.6 is 0 Å². The average molecular weight is 405 g/mol. The van der Waals surface area contributed by atoms with E-state index in [1.807, 2.05) is 13.0 Å². The van der Waals surface area contributed by atoms with E-state index in [2.05, 4.69) is 6.92 Å². The van der Waals surface area contributed by atoms with Crippen molar-refractivity contribution >= 4 is 11.8 Å². The maximum Gasteiger partial charge on any atom is 0.302 e. The summed E-state index contributed by atoms with van der Waals surface area (Å²) in [5, 5.41) is 33.6. The number of aliphatic hydroxyl groups excluding tert-OH is 2. The van der Waals surface area contributed by atoms with Crippen LogP contribution in [0.25, 0.3) is 0 Å². The van der Waals surface area contributed by atoms with Crippen molar-refractivity contribution in [2.24, 2.45) is 28.6 Å². The number of fused-ring (bicyclic) bond motifs is 5. The highest BCUT2D eigenvalue weighted by molar-refractivity contribution is 6.01. The fraction of sp³-hybridized carbons (Fsp3) is 0.739. The molecule has 3 N–H and O–H groups in total. The summed E-state index contributed by atoms with van der Waals surface area (Å²) in [5.74, 6) is -0.155. The first kappa shape index (κ1) is 20.8. The van der Waals surface area contributed by atoms with E-state index in [9.17, 15) is 24.9 Å². The normalized spacial score (nSPS) is 47.0. The number of hydrogen-bond acceptors (Lipinski definition) is 6. The molecule has 0 heterocycles. The summed E-state index contributed by atoms with van der Waals surface area (Å²) in [7, 11) is 0. The number of ether oxygens (including phenoxy) is 1. The Morgan fingerprint density at radius 1 is 1.34 bits per heavy atom. The van der Waals surface area contributed by atoms with Crippen LogP contribution in [0.1, 0.15) is 52.9 Å². The van der Waals surface area contributed by atoms with E-state index in [0.717, 1.165) is 24.8 Å². The van der Waals surface area contributed by atoms with Crippen LogP contribution < -0.4 is 0 Å². The molecule has 0 amide bonds. The summed E-state index contributed by atoms with van der Waals surface area (Å²) in [6.07, 6.45) is 6.68. The molecule has 0 aliphatic heterocycles. The van der Waals surface area contributed by atoms with Gasteiger partial charge in [-0.15, -0.1) is 0 Å². The molecular formula is C23H32O6. The van der Waals surface area contributed by atoms with Crippen LogP contribution in [0.5, 0.6) is 0 Å². The Morgan fingerprint density at radius 2 is 2.07 bits per heavy atom.